The average molecular weight is 346 g/mol. The third kappa shape index (κ3) is 4.32. The van der Waals surface area contributed by atoms with Crippen LogP contribution in [-0.4, -0.2) is 20.5 Å². The molecule has 0 bridgehead atoms. The average Bonchev–Trinajstić information content (AvgIpc) is 2.95. The molecule has 0 radical (unpaired) electrons. The summed E-state index contributed by atoms with van der Waals surface area (Å²) >= 11 is 0. The predicted molar refractivity (Wildman–Crippen MR) is 98.7 cm³/mol. The number of nitrogens with one attached hydrogen (secondary N) is 1. The van der Waals surface area contributed by atoms with Gasteiger partial charge in [-0.1, -0.05) is 13.8 Å². The molecule has 0 amide bonds. The third-order valence-corrected chi connectivity index (χ3v) is 3.74. The minimum Gasteiger partial charge on any atom is -0.341 e. The van der Waals surface area contributed by atoms with E-state index in [1.165, 1.54) is 0 Å². The Morgan fingerprint density at radius 2 is 1.76 bits per heavy atom. The number of aromatic nitrogens is 3. The second-order valence-corrected chi connectivity index (χ2v) is 5.82. The van der Waals surface area contributed by atoms with Crippen LogP contribution in [0, 0.1) is 13.8 Å². The molecule has 0 aromatic carbocycles. The van der Waals surface area contributed by atoms with Crippen LogP contribution >= 0.6 is 0 Å². The van der Waals surface area contributed by atoms with Gasteiger partial charge in [0.2, 0.25) is 0 Å². The molecule has 3 aromatic rings. The van der Waals surface area contributed by atoms with Crippen molar-refractivity contribution in [1.29, 1.82) is 0 Å². The number of hydrogen-bond donors (Lipinski definition) is 1. The number of pyridine rings is 2. The van der Waals surface area contributed by atoms with Gasteiger partial charge in [0.1, 0.15) is 5.82 Å². The number of hydrogen-bond acceptors (Lipinski definition) is 3. The highest BCUT2D eigenvalue weighted by molar-refractivity contribution is 5.92. The van der Waals surface area contributed by atoms with Crippen LogP contribution in [0.1, 0.15) is 32.0 Å². The molecule has 1 N–H and O–H groups in total. The van der Waals surface area contributed by atoms with E-state index in [1.54, 1.807) is 35.3 Å². The minimum absolute atomic E-state index is 0.356. The van der Waals surface area contributed by atoms with Crippen molar-refractivity contribution in [1.82, 2.24) is 14.5 Å². The summed E-state index contributed by atoms with van der Waals surface area (Å²) in [5.74, 6) is -2.13. The van der Waals surface area contributed by atoms with Crippen LogP contribution in [0.4, 0.5) is 20.3 Å². The van der Waals surface area contributed by atoms with E-state index < -0.39 is 5.92 Å². The molecule has 0 aliphatic carbocycles. The van der Waals surface area contributed by atoms with Gasteiger partial charge < -0.3 is 9.88 Å². The summed E-state index contributed by atoms with van der Waals surface area (Å²) in [5, 5.41) is 4.09. The lowest BCUT2D eigenvalue weighted by Gasteiger charge is -2.14. The van der Waals surface area contributed by atoms with Crippen molar-refractivity contribution in [2.24, 2.45) is 0 Å². The van der Waals surface area contributed by atoms with Gasteiger partial charge in [-0.3, -0.25) is 4.98 Å². The first-order valence-corrected chi connectivity index (χ1v) is 8.36. The first-order chi connectivity index (χ1) is 11.8. The normalized spacial score (nSPS) is 11.2. The van der Waals surface area contributed by atoms with Crippen LogP contribution in [-0.2, 0) is 6.54 Å². The van der Waals surface area contributed by atoms with Crippen molar-refractivity contribution < 1.29 is 8.78 Å². The van der Waals surface area contributed by atoms with Crippen LogP contribution < -0.4 is 5.32 Å². The molecule has 0 aliphatic rings. The molecule has 0 unspecified atom stereocenters. The van der Waals surface area contributed by atoms with Crippen molar-refractivity contribution in [3.63, 3.8) is 0 Å². The fourth-order valence-corrected chi connectivity index (χ4v) is 2.66. The molecule has 3 heterocycles. The van der Waals surface area contributed by atoms with E-state index in [4.69, 9.17) is 0 Å². The minimum atomic E-state index is -2.76. The number of aryl methyl sites for hydroxylation is 2. The Kier molecular flexibility index (Phi) is 5.72. The molecule has 0 saturated carbocycles. The van der Waals surface area contributed by atoms with Gasteiger partial charge in [0.05, 0.1) is 23.4 Å². The Bertz CT molecular complexity index is 830. The molecule has 134 valence electrons. The Morgan fingerprint density at radius 1 is 1.08 bits per heavy atom. The van der Waals surface area contributed by atoms with Gasteiger partial charge in [0.15, 0.2) is 0 Å². The van der Waals surface area contributed by atoms with Crippen LogP contribution in [0.25, 0.3) is 10.9 Å². The number of alkyl halides is 2. The summed E-state index contributed by atoms with van der Waals surface area (Å²) in [6.07, 6.45) is 5.04. The fraction of sp³-hybridized carbons (Fsp3) is 0.368. The van der Waals surface area contributed by atoms with Gasteiger partial charge in [-0.2, -0.15) is 0 Å². The van der Waals surface area contributed by atoms with Crippen LogP contribution in [0.2, 0.25) is 0 Å². The molecule has 0 aliphatic heterocycles. The van der Waals surface area contributed by atoms with Gasteiger partial charge in [-0.25, -0.2) is 13.8 Å². The Balaban J connectivity index is 0.00000109. The maximum Gasteiger partial charge on any atom is 0.262 e. The lowest BCUT2D eigenvalue weighted by molar-refractivity contribution is 0.00510. The first kappa shape index (κ1) is 18.8. The van der Waals surface area contributed by atoms with E-state index in [1.807, 2.05) is 33.8 Å². The molecule has 25 heavy (non-hydrogen) atoms. The quantitative estimate of drug-likeness (QED) is 0.681. The summed E-state index contributed by atoms with van der Waals surface area (Å²) < 4.78 is 28.2. The van der Waals surface area contributed by atoms with E-state index in [-0.39, 0.29) is 6.54 Å². The van der Waals surface area contributed by atoms with E-state index in [0.717, 1.165) is 34.8 Å². The lowest BCUT2D eigenvalue weighted by Crippen LogP contribution is -2.18. The molecule has 0 saturated heterocycles. The monoisotopic (exact) mass is 346 g/mol. The third-order valence-electron chi connectivity index (χ3n) is 3.74. The van der Waals surface area contributed by atoms with Crippen molar-refractivity contribution in [2.45, 2.75) is 47.1 Å². The van der Waals surface area contributed by atoms with Crippen LogP contribution in [0.5, 0.6) is 0 Å². The van der Waals surface area contributed by atoms with E-state index in [2.05, 4.69) is 15.3 Å². The highest BCUT2D eigenvalue weighted by atomic mass is 19.3. The summed E-state index contributed by atoms with van der Waals surface area (Å²) in [7, 11) is 0. The topological polar surface area (TPSA) is 42.7 Å². The summed E-state index contributed by atoms with van der Waals surface area (Å²) in [4.78, 5) is 8.63. The summed E-state index contributed by atoms with van der Waals surface area (Å²) in [5.41, 5.74) is 3.53. The van der Waals surface area contributed by atoms with Gasteiger partial charge in [0.25, 0.3) is 5.92 Å². The predicted octanol–water partition coefficient (Wildman–Crippen LogP) is 5.47. The van der Waals surface area contributed by atoms with E-state index in [0.29, 0.717) is 5.82 Å². The maximum absolute atomic E-state index is 13.3. The van der Waals surface area contributed by atoms with Crippen LogP contribution in [0.15, 0.2) is 36.8 Å². The van der Waals surface area contributed by atoms with Crippen molar-refractivity contribution in [3.8, 4) is 0 Å². The van der Waals surface area contributed by atoms with E-state index in [9.17, 15) is 8.78 Å². The van der Waals surface area contributed by atoms with Gasteiger partial charge in [0, 0.05) is 30.9 Å². The fourth-order valence-electron chi connectivity index (χ4n) is 2.66. The standard InChI is InChI=1S/C17H18F2N4.C2H6/c1-11-4-7-20-12(2)15(11)22-16-13-6-9-23(10-17(3,18)19)14(13)5-8-21-16;1-2/h4-9H,10H2,1-3H3,(H,21,22);1-2H3. The summed E-state index contributed by atoms with van der Waals surface area (Å²) in [6.45, 7) is 8.46. The van der Waals surface area contributed by atoms with Crippen molar-refractivity contribution >= 4 is 22.4 Å². The van der Waals surface area contributed by atoms with Gasteiger partial charge in [-0.15, -0.1) is 0 Å². The molecule has 0 atom stereocenters. The molecule has 4 nitrogen and oxygen atoms in total. The Labute approximate surface area is 146 Å². The van der Waals surface area contributed by atoms with E-state index >= 15 is 0 Å². The van der Waals surface area contributed by atoms with Gasteiger partial charge in [-0.05, 0) is 37.6 Å². The largest absolute Gasteiger partial charge is 0.341 e. The number of halogens is 2. The molecule has 0 spiro atoms. The highest BCUT2D eigenvalue weighted by Gasteiger charge is 2.22. The zero-order chi connectivity index (χ0) is 18.6. The van der Waals surface area contributed by atoms with Crippen molar-refractivity contribution in [3.05, 3.63) is 48.0 Å². The summed E-state index contributed by atoms with van der Waals surface area (Å²) in [6, 6.07) is 5.46. The molecule has 3 aromatic heterocycles. The van der Waals surface area contributed by atoms with Crippen LogP contribution in [0.3, 0.4) is 0 Å². The van der Waals surface area contributed by atoms with Gasteiger partial charge >= 0.3 is 0 Å². The number of rotatable bonds is 4. The lowest BCUT2D eigenvalue weighted by atomic mass is 10.2. The first-order valence-electron chi connectivity index (χ1n) is 8.36. The van der Waals surface area contributed by atoms with Crippen molar-refractivity contribution in [2.75, 3.05) is 5.32 Å². The molecule has 3 rings (SSSR count). The smallest absolute Gasteiger partial charge is 0.262 e. The Morgan fingerprint density at radius 3 is 2.40 bits per heavy atom. The molecule has 6 heteroatoms. The molecular formula is C19H24F2N4. The second kappa shape index (κ2) is 7.59. The maximum atomic E-state index is 13.3. The molecular weight excluding hydrogens is 322 g/mol. The zero-order valence-corrected chi connectivity index (χ0v) is 15.3. The zero-order valence-electron chi connectivity index (χ0n) is 15.3. The second-order valence-electron chi connectivity index (χ2n) is 5.82. The number of nitrogens with zero attached hydrogens (tertiary/aromatic N) is 3. The SMILES string of the molecule is CC.Cc1ccnc(C)c1Nc1nccc2c1ccn2CC(C)(F)F. The highest BCUT2D eigenvalue weighted by Crippen LogP contribution is 2.29. The Hall–Kier alpha value is -2.50. The molecule has 0 fully saturated rings. The number of fused-ring (bicyclic) bond motifs is 1. The number of anilines is 2.